The van der Waals surface area contributed by atoms with Crippen LogP contribution in [0, 0.1) is 0 Å². The van der Waals surface area contributed by atoms with Gasteiger partial charge in [0.2, 0.25) is 0 Å². The van der Waals surface area contributed by atoms with E-state index in [1.165, 1.54) is 4.90 Å². The Morgan fingerprint density at radius 2 is 1.86 bits per heavy atom. The number of benzene rings is 2. The van der Waals surface area contributed by atoms with Gasteiger partial charge in [-0.2, -0.15) is 0 Å². The minimum Gasteiger partial charge on any atom is -0.316 e. The monoisotopic (exact) mass is 359 g/mol. The van der Waals surface area contributed by atoms with Crippen LogP contribution >= 0.6 is 46.6 Å². The molecule has 0 aliphatic carbocycles. The number of nitrogens with one attached hydrogen (secondary N) is 1. The van der Waals surface area contributed by atoms with Gasteiger partial charge < -0.3 is 5.32 Å². The van der Waals surface area contributed by atoms with Crippen LogP contribution in [0.1, 0.15) is 5.56 Å². The molecule has 0 aliphatic heterocycles. The zero-order valence-corrected chi connectivity index (χ0v) is 14.7. The van der Waals surface area contributed by atoms with E-state index >= 15 is 0 Å². The van der Waals surface area contributed by atoms with Crippen LogP contribution in [0.2, 0.25) is 15.1 Å². The van der Waals surface area contributed by atoms with Crippen molar-refractivity contribution in [3.05, 3.63) is 63.1 Å². The van der Waals surface area contributed by atoms with Gasteiger partial charge in [-0.15, -0.1) is 11.8 Å². The first-order valence-electron chi connectivity index (χ1n) is 6.58. The molecule has 1 nitrogen and oxygen atoms in total. The highest BCUT2D eigenvalue weighted by Crippen LogP contribution is 2.28. The van der Waals surface area contributed by atoms with Crippen molar-refractivity contribution < 1.29 is 0 Å². The molecule has 21 heavy (non-hydrogen) atoms. The highest BCUT2D eigenvalue weighted by molar-refractivity contribution is 7.99. The molecule has 0 amide bonds. The second-order valence-corrected chi connectivity index (χ2v) is 6.99. The van der Waals surface area contributed by atoms with Crippen molar-refractivity contribution in [2.45, 2.75) is 17.4 Å². The molecule has 0 bridgehead atoms. The molecule has 0 saturated carbocycles. The number of likely N-dealkylation sites (N-methyl/N-ethyl adjacent to an activating group) is 1. The molecule has 0 spiro atoms. The average molecular weight is 361 g/mol. The van der Waals surface area contributed by atoms with Crippen molar-refractivity contribution in [1.82, 2.24) is 5.32 Å². The third-order valence-electron chi connectivity index (χ3n) is 3.15. The van der Waals surface area contributed by atoms with Crippen LogP contribution in [0.4, 0.5) is 0 Å². The molecule has 2 rings (SSSR count). The maximum absolute atomic E-state index is 6.25. The molecule has 0 aromatic heterocycles. The molecule has 0 saturated heterocycles. The van der Waals surface area contributed by atoms with E-state index in [0.29, 0.717) is 16.1 Å². The average Bonchev–Trinajstić information content (AvgIpc) is 2.48. The summed E-state index contributed by atoms with van der Waals surface area (Å²) in [7, 11) is 1.96. The highest BCUT2D eigenvalue weighted by Gasteiger charge is 2.12. The molecule has 0 aliphatic rings. The molecular weight excluding hydrogens is 345 g/mol. The van der Waals surface area contributed by atoms with Crippen LogP contribution in [0.5, 0.6) is 0 Å². The lowest BCUT2D eigenvalue weighted by Crippen LogP contribution is -2.30. The maximum atomic E-state index is 6.25. The van der Waals surface area contributed by atoms with Crippen LogP contribution in [-0.4, -0.2) is 18.8 Å². The van der Waals surface area contributed by atoms with E-state index < -0.39 is 0 Å². The van der Waals surface area contributed by atoms with Crippen molar-refractivity contribution in [2.24, 2.45) is 0 Å². The summed E-state index contributed by atoms with van der Waals surface area (Å²) in [5.41, 5.74) is 1.07. The summed E-state index contributed by atoms with van der Waals surface area (Å²) in [6.07, 6.45) is 0.837. The Balaban J connectivity index is 1.99. The van der Waals surface area contributed by atoms with Crippen LogP contribution in [0.3, 0.4) is 0 Å². The van der Waals surface area contributed by atoms with Crippen LogP contribution < -0.4 is 5.32 Å². The molecule has 0 heterocycles. The van der Waals surface area contributed by atoms with E-state index in [4.69, 9.17) is 34.8 Å². The lowest BCUT2D eigenvalue weighted by Gasteiger charge is -2.17. The van der Waals surface area contributed by atoms with Crippen molar-refractivity contribution in [3.63, 3.8) is 0 Å². The Hall–Kier alpha value is -0.380. The van der Waals surface area contributed by atoms with E-state index in [0.717, 1.165) is 22.8 Å². The fourth-order valence-electron chi connectivity index (χ4n) is 1.97. The summed E-state index contributed by atoms with van der Waals surface area (Å²) in [5.74, 6) is 0.930. The number of rotatable bonds is 6. The molecule has 5 heteroatoms. The number of hydrogen-bond acceptors (Lipinski definition) is 2. The summed E-state index contributed by atoms with van der Waals surface area (Å²) in [6.45, 7) is 0. The molecule has 112 valence electrons. The number of hydrogen-bond donors (Lipinski definition) is 1. The topological polar surface area (TPSA) is 12.0 Å². The van der Waals surface area contributed by atoms with Gasteiger partial charge in [0.1, 0.15) is 0 Å². The van der Waals surface area contributed by atoms with Crippen LogP contribution in [0.25, 0.3) is 0 Å². The largest absolute Gasteiger partial charge is 0.316 e. The summed E-state index contributed by atoms with van der Waals surface area (Å²) in [6, 6.07) is 14.0. The van der Waals surface area contributed by atoms with Gasteiger partial charge >= 0.3 is 0 Å². The molecule has 2 aromatic carbocycles. The minimum absolute atomic E-state index is 0.310. The van der Waals surface area contributed by atoms with Gasteiger partial charge in [0.15, 0.2) is 0 Å². The summed E-state index contributed by atoms with van der Waals surface area (Å²) in [5, 5.41) is 5.34. The Bertz CT molecular complexity index is 604. The van der Waals surface area contributed by atoms with Crippen LogP contribution in [-0.2, 0) is 6.42 Å². The van der Waals surface area contributed by atoms with Gasteiger partial charge in [0.25, 0.3) is 0 Å². The quantitative estimate of drug-likeness (QED) is 0.676. The molecule has 2 aromatic rings. The molecule has 1 atom stereocenters. The zero-order valence-electron chi connectivity index (χ0n) is 11.6. The second kappa shape index (κ2) is 8.30. The van der Waals surface area contributed by atoms with Gasteiger partial charge in [0.05, 0.1) is 10.0 Å². The zero-order chi connectivity index (χ0) is 15.2. The van der Waals surface area contributed by atoms with Crippen LogP contribution in [0.15, 0.2) is 47.4 Å². The van der Waals surface area contributed by atoms with Gasteiger partial charge in [-0.3, -0.25) is 0 Å². The van der Waals surface area contributed by atoms with Crippen molar-refractivity contribution in [3.8, 4) is 0 Å². The molecule has 1 unspecified atom stereocenters. The van der Waals surface area contributed by atoms with Gasteiger partial charge in [-0.25, -0.2) is 0 Å². The number of thioether (sulfide) groups is 1. The Morgan fingerprint density at radius 1 is 1.10 bits per heavy atom. The summed E-state index contributed by atoms with van der Waals surface area (Å²) < 4.78 is 0. The fourth-order valence-corrected chi connectivity index (χ4v) is 3.68. The Labute approximate surface area is 145 Å². The Morgan fingerprint density at radius 3 is 2.57 bits per heavy atom. The van der Waals surface area contributed by atoms with Gasteiger partial charge in [-0.05, 0) is 43.3 Å². The van der Waals surface area contributed by atoms with Gasteiger partial charge in [-0.1, -0.05) is 53.0 Å². The molecular formula is C16H16Cl3NS. The molecule has 1 N–H and O–H groups in total. The Kier molecular flexibility index (Phi) is 6.72. The van der Waals surface area contributed by atoms with E-state index in [-0.39, 0.29) is 0 Å². The predicted molar refractivity (Wildman–Crippen MR) is 95.2 cm³/mol. The first kappa shape index (κ1) is 17.0. The lowest BCUT2D eigenvalue weighted by atomic mass is 10.1. The maximum Gasteiger partial charge on any atom is 0.0624 e. The van der Waals surface area contributed by atoms with E-state index in [1.54, 1.807) is 11.8 Å². The normalized spacial score (nSPS) is 12.4. The number of halogens is 3. The standard InChI is InChI=1S/C16H16Cl3NS/c1-20-13(8-11-4-2-7-15(18)16(11)19)10-21-14-6-3-5-12(17)9-14/h2-7,9,13,20H,8,10H2,1H3. The second-order valence-electron chi connectivity index (χ2n) is 4.67. The summed E-state index contributed by atoms with van der Waals surface area (Å²) >= 11 is 20.1. The van der Waals surface area contributed by atoms with E-state index in [2.05, 4.69) is 11.4 Å². The third-order valence-corrected chi connectivity index (χ3v) is 5.40. The molecule has 0 fully saturated rings. The van der Waals surface area contributed by atoms with E-state index in [9.17, 15) is 0 Å². The minimum atomic E-state index is 0.310. The molecule has 0 radical (unpaired) electrons. The SMILES string of the molecule is CNC(CSc1cccc(Cl)c1)Cc1cccc(Cl)c1Cl. The fraction of sp³-hybridized carbons (Fsp3) is 0.250. The smallest absolute Gasteiger partial charge is 0.0624 e. The van der Waals surface area contributed by atoms with E-state index in [1.807, 2.05) is 43.4 Å². The predicted octanol–water partition coefficient (Wildman–Crippen LogP) is 5.57. The lowest BCUT2D eigenvalue weighted by molar-refractivity contribution is 0.617. The first-order chi connectivity index (χ1) is 10.1. The highest BCUT2D eigenvalue weighted by atomic mass is 35.5. The van der Waals surface area contributed by atoms with Crippen molar-refractivity contribution >= 4 is 46.6 Å². The first-order valence-corrected chi connectivity index (χ1v) is 8.70. The van der Waals surface area contributed by atoms with Crippen molar-refractivity contribution in [2.75, 3.05) is 12.8 Å². The van der Waals surface area contributed by atoms with Crippen molar-refractivity contribution in [1.29, 1.82) is 0 Å². The summed E-state index contributed by atoms with van der Waals surface area (Å²) in [4.78, 5) is 1.17. The third kappa shape index (κ3) is 5.08. The van der Waals surface area contributed by atoms with Gasteiger partial charge in [0, 0.05) is 21.7 Å².